The van der Waals surface area contributed by atoms with Gasteiger partial charge in [0, 0.05) is 43.1 Å². The molecule has 1 radical (unpaired) electrons. The van der Waals surface area contributed by atoms with Gasteiger partial charge >= 0.3 is 0 Å². The second-order valence-corrected chi connectivity index (χ2v) is 4.17. The predicted molar refractivity (Wildman–Crippen MR) is 111 cm³/mol. The van der Waals surface area contributed by atoms with E-state index in [1.165, 1.54) is 14.1 Å². The van der Waals surface area contributed by atoms with Gasteiger partial charge in [-0.2, -0.15) is 0 Å². The monoisotopic (exact) mass is 545 g/mol. The van der Waals surface area contributed by atoms with Crippen molar-refractivity contribution >= 4 is 24.0 Å². The molecule has 1 aliphatic rings. The minimum atomic E-state index is 0. The first kappa shape index (κ1) is 36.0. The molecule has 14 heteroatoms. The van der Waals surface area contributed by atoms with Gasteiger partial charge in [0.2, 0.25) is 9.82 Å². The third kappa shape index (κ3) is 32.2. The molecule has 1 aromatic rings. The van der Waals surface area contributed by atoms with Crippen LogP contribution >= 0.6 is 24.0 Å². The molecule has 1 aromatic heterocycles. The number of hydrogen-bond donors (Lipinski definition) is 4. The van der Waals surface area contributed by atoms with Crippen molar-refractivity contribution in [2.24, 2.45) is 17.3 Å². The van der Waals surface area contributed by atoms with Crippen LogP contribution in [0.25, 0.3) is 0 Å². The number of hydrazine groups is 2. The third-order valence-corrected chi connectivity index (χ3v) is 1.96. The molecule has 4 N–H and O–H groups in total. The van der Waals surface area contributed by atoms with Crippen LogP contribution in [-0.4, -0.2) is 41.1 Å². The summed E-state index contributed by atoms with van der Waals surface area (Å²) >= 11 is 0. The van der Waals surface area contributed by atoms with Crippen molar-refractivity contribution in [2.45, 2.75) is 20.8 Å². The van der Waals surface area contributed by atoms with E-state index >= 15 is 0 Å². The van der Waals surface area contributed by atoms with Gasteiger partial charge in [-0.1, -0.05) is 11.3 Å². The number of halogens is 1. The van der Waals surface area contributed by atoms with Crippen molar-refractivity contribution < 1.29 is 17.1 Å². The van der Waals surface area contributed by atoms with E-state index in [4.69, 9.17) is 11.1 Å². The average molecular weight is 546 g/mol. The Morgan fingerprint density at radius 3 is 1.67 bits per heavy atom. The molecule has 2 heterocycles. The van der Waals surface area contributed by atoms with E-state index in [9.17, 15) is 0 Å². The first-order valence-corrected chi connectivity index (χ1v) is 7.06. The normalized spacial score (nSPS) is 9.15. The van der Waals surface area contributed by atoms with Crippen LogP contribution in [0, 0.1) is 18.0 Å². The second kappa shape index (κ2) is 28.8. The fourth-order valence-corrected chi connectivity index (χ4v) is 0.872. The summed E-state index contributed by atoms with van der Waals surface area (Å²) in [6, 6.07) is 0. The maximum absolute atomic E-state index is 5.91. The molecule has 0 aromatic carbocycles. The summed E-state index contributed by atoms with van der Waals surface area (Å²) in [5.41, 5.74) is 19.8. The van der Waals surface area contributed by atoms with Gasteiger partial charge in [-0.3, -0.25) is 9.69 Å². The molecule has 1 aliphatic heterocycles. The minimum absolute atomic E-state index is 0. The minimum Gasteiger partial charge on any atom is -0.307 e. The van der Waals surface area contributed by atoms with E-state index in [1.807, 2.05) is 46.1 Å². The zero-order valence-corrected chi connectivity index (χ0v) is 20.0. The molecule has 159 valence electrons. The van der Waals surface area contributed by atoms with E-state index < -0.39 is 0 Å². The van der Waals surface area contributed by atoms with Crippen LogP contribution < -0.4 is 20.8 Å². The van der Waals surface area contributed by atoms with Gasteiger partial charge < -0.3 is 5.43 Å². The molecule has 0 atom stereocenters. The van der Waals surface area contributed by atoms with Crippen molar-refractivity contribution in [2.75, 3.05) is 21.1 Å². The maximum Gasteiger partial charge on any atom is 0.213 e. The second-order valence-electron chi connectivity index (χ2n) is 4.17. The van der Waals surface area contributed by atoms with E-state index in [0.717, 1.165) is 11.4 Å². The van der Waals surface area contributed by atoms with Crippen LogP contribution in [0.15, 0.2) is 41.0 Å². The average Bonchev–Trinajstić information content (AvgIpc) is 3.16. The van der Waals surface area contributed by atoms with Crippen LogP contribution in [0.5, 0.6) is 0 Å². The largest absolute Gasteiger partial charge is 0.307 e. The summed E-state index contributed by atoms with van der Waals surface area (Å²) in [5.74, 6) is 0. The first-order valence-electron chi connectivity index (χ1n) is 7.06. The molecule has 0 amide bonds. The number of nitrogens with one attached hydrogen (secondary N) is 4. The molecule has 0 bridgehead atoms. The van der Waals surface area contributed by atoms with Gasteiger partial charge in [-0.15, -0.1) is 41.2 Å². The Kier molecular flexibility index (Phi) is 38.5. The van der Waals surface area contributed by atoms with Crippen LogP contribution in [0.4, 0.5) is 0 Å². The van der Waals surface area contributed by atoms with Crippen molar-refractivity contribution in [3.8, 4) is 0 Å². The number of nitrogens with zero attached hydrogens (tertiary/aromatic N) is 8. The fourth-order valence-electron chi connectivity index (χ4n) is 0.872. The number of rotatable bonds is 0. The number of aryl methyl sites for hydroxylation is 2. The maximum atomic E-state index is 5.91. The molecule has 0 unspecified atom stereocenters. The summed E-state index contributed by atoms with van der Waals surface area (Å²) in [6.45, 7) is 9.20. The van der Waals surface area contributed by atoms with Crippen LogP contribution in [-0.2, 0) is 24.1 Å². The predicted octanol–water partition coefficient (Wildman–Crippen LogP) is 2.07. The van der Waals surface area contributed by atoms with Gasteiger partial charge in [-0.25, -0.2) is 0 Å². The zero-order chi connectivity index (χ0) is 20.1. The SMILES string of the molecule is C=CC.CC1=CN(C)NN1.CN=[N+]=N.CN=[N+]=N.Cc1cnnn1C.I.[Cu]. The van der Waals surface area contributed by atoms with Crippen LogP contribution in [0.3, 0.4) is 0 Å². The summed E-state index contributed by atoms with van der Waals surface area (Å²) in [5, 5.41) is 15.2. The van der Waals surface area contributed by atoms with Gasteiger partial charge in [-0.05, 0) is 20.8 Å². The van der Waals surface area contributed by atoms with Gasteiger partial charge in [0.05, 0.1) is 11.9 Å². The zero-order valence-electron chi connectivity index (χ0n) is 16.7. The Morgan fingerprint density at radius 1 is 1.19 bits per heavy atom. The van der Waals surface area contributed by atoms with E-state index in [1.54, 1.807) is 17.0 Å². The van der Waals surface area contributed by atoms with Crippen LogP contribution in [0.1, 0.15) is 19.5 Å². The molecule has 2 rings (SSSR count). The van der Waals surface area contributed by atoms with E-state index in [2.05, 4.69) is 47.9 Å². The Balaban J connectivity index is -0.0000000766. The van der Waals surface area contributed by atoms with Crippen LogP contribution in [0.2, 0.25) is 0 Å². The van der Waals surface area contributed by atoms with Crippen molar-refractivity contribution in [1.82, 2.24) is 40.8 Å². The molecule has 0 aliphatic carbocycles. The van der Waals surface area contributed by atoms with Crippen molar-refractivity contribution in [3.63, 3.8) is 0 Å². The summed E-state index contributed by atoms with van der Waals surface area (Å²) in [7, 11) is 6.70. The molecule has 0 saturated carbocycles. The molecular weight excluding hydrogens is 515 g/mol. The molecular formula is C13H31CuIN12+2. The van der Waals surface area contributed by atoms with Gasteiger partial charge in [0.15, 0.2) is 0 Å². The van der Waals surface area contributed by atoms with Crippen molar-refractivity contribution in [3.05, 3.63) is 36.4 Å². The summed E-state index contributed by atoms with van der Waals surface area (Å²) < 4.78 is 1.72. The number of hydrogen-bond acceptors (Lipinski definition) is 9. The topological polar surface area (TPSA) is 159 Å². The number of allylic oxidation sites excluding steroid dienone is 2. The summed E-state index contributed by atoms with van der Waals surface area (Å²) in [6.07, 6.45) is 5.44. The molecule has 0 saturated heterocycles. The molecule has 12 nitrogen and oxygen atoms in total. The Morgan fingerprint density at radius 2 is 1.59 bits per heavy atom. The fraction of sp³-hybridized carbons (Fsp3) is 0.538. The molecule has 27 heavy (non-hydrogen) atoms. The van der Waals surface area contributed by atoms with E-state index in [0.29, 0.717) is 0 Å². The Hall–Kier alpha value is -1.95. The Bertz CT molecular complexity index is 543. The quantitative estimate of drug-likeness (QED) is 0.129. The van der Waals surface area contributed by atoms with Gasteiger partial charge in [0.25, 0.3) is 0 Å². The standard InChI is InChI=1S/C4H9N3.C4H7N3.C3H6.2CH4N3.Cu.HI/c1-4-3-7(2)6-5-4;1-4-3-5-6-7(4)2;1-3-2;2*1-3-4-2;;/h3,5-6H,1-2H3;3H,1-2H3;3H,1H2,2H3;2*2H,1H3;;1H/q;;;2*+1;;. The van der Waals surface area contributed by atoms with Gasteiger partial charge in [0.1, 0.15) is 35.4 Å². The smallest absolute Gasteiger partial charge is 0.213 e. The van der Waals surface area contributed by atoms with E-state index in [-0.39, 0.29) is 41.0 Å². The number of aromatic nitrogens is 3. The molecule has 0 fully saturated rings. The summed E-state index contributed by atoms with van der Waals surface area (Å²) in [4.78, 5) is 5.22. The van der Waals surface area contributed by atoms with Crippen molar-refractivity contribution in [1.29, 1.82) is 11.1 Å². The Labute approximate surface area is 188 Å². The first-order chi connectivity index (χ1) is 11.8. The molecule has 0 spiro atoms. The third-order valence-electron chi connectivity index (χ3n) is 1.96.